The lowest BCUT2D eigenvalue weighted by Gasteiger charge is -2.08. The third-order valence-electron chi connectivity index (χ3n) is 2.97. The van der Waals surface area contributed by atoms with Crippen LogP contribution in [0.2, 0.25) is 0 Å². The lowest BCUT2D eigenvalue weighted by molar-refractivity contribution is 0.0592. The second-order valence-electron chi connectivity index (χ2n) is 4.98. The summed E-state index contributed by atoms with van der Waals surface area (Å²) in [6.07, 6.45) is 1.72. The van der Waals surface area contributed by atoms with Gasteiger partial charge in [0.25, 0.3) is 0 Å². The Morgan fingerprint density at radius 3 is 2.81 bits per heavy atom. The second-order valence-corrected chi connectivity index (χ2v) is 4.98. The summed E-state index contributed by atoms with van der Waals surface area (Å²) in [5.41, 5.74) is 0.915. The summed E-state index contributed by atoms with van der Waals surface area (Å²) in [4.78, 5) is 16.0. The quantitative estimate of drug-likeness (QED) is 0.746. The van der Waals surface area contributed by atoms with E-state index in [9.17, 15) is 4.79 Å². The molecule has 0 saturated carbocycles. The van der Waals surface area contributed by atoms with E-state index in [2.05, 4.69) is 20.5 Å². The SMILES string of the molecule is CCCc1noc(Cn2nnc(C(=O)OC)c2C(C)C)n1. The number of rotatable bonds is 6. The Bertz CT molecular complexity index is 617. The van der Waals surface area contributed by atoms with E-state index in [1.54, 1.807) is 4.68 Å². The van der Waals surface area contributed by atoms with Gasteiger partial charge in [-0.1, -0.05) is 31.1 Å². The van der Waals surface area contributed by atoms with E-state index < -0.39 is 5.97 Å². The van der Waals surface area contributed by atoms with E-state index >= 15 is 0 Å². The van der Waals surface area contributed by atoms with Gasteiger partial charge in [-0.05, 0) is 12.3 Å². The Morgan fingerprint density at radius 2 is 2.19 bits per heavy atom. The summed E-state index contributed by atoms with van der Waals surface area (Å²) >= 11 is 0. The molecule has 0 radical (unpaired) electrons. The Kier molecular flexibility index (Phi) is 4.66. The number of aromatic nitrogens is 5. The number of nitrogens with zero attached hydrogens (tertiary/aromatic N) is 5. The lowest BCUT2D eigenvalue weighted by atomic mass is 10.1. The van der Waals surface area contributed by atoms with Gasteiger partial charge in [-0.2, -0.15) is 4.98 Å². The van der Waals surface area contributed by atoms with E-state index in [1.807, 2.05) is 20.8 Å². The Labute approximate surface area is 122 Å². The minimum absolute atomic E-state index is 0.0622. The number of carbonyl (C=O) groups is 1. The summed E-state index contributed by atoms with van der Waals surface area (Å²) in [5.74, 6) is 0.683. The highest BCUT2D eigenvalue weighted by Crippen LogP contribution is 2.19. The van der Waals surface area contributed by atoms with Crippen LogP contribution in [-0.4, -0.2) is 38.2 Å². The molecule has 0 aliphatic rings. The number of esters is 1. The van der Waals surface area contributed by atoms with Crippen LogP contribution < -0.4 is 0 Å². The largest absolute Gasteiger partial charge is 0.464 e. The fourth-order valence-electron chi connectivity index (χ4n) is 2.06. The lowest BCUT2D eigenvalue weighted by Crippen LogP contribution is -2.12. The predicted molar refractivity (Wildman–Crippen MR) is 72.8 cm³/mol. The number of hydrogen-bond acceptors (Lipinski definition) is 7. The van der Waals surface area contributed by atoms with E-state index in [4.69, 9.17) is 9.26 Å². The summed E-state index contributed by atoms with van der Waals surface area (Å²) in [7, 11) is 1.32. The summed E-state index contributed by atoms with van der Waals surface area (Å²) in [5, 5.41) is 11.8. The smallest absolute Gasteiger partial charge is 0.360 e. The molecule has 0 bridgehead atoms. The Balaban J connectivity index is 2.26. The molecule has 0 unspecified atom stereocenters. The van der Waals surface area contributed by atoms with Crippen molar-refractivity contribution in [2.75, 3.05) is 7.11 Å². The normalized spacial score (nSPS) is 11.1. The number of methoxy groups -OCH3 is 1. The second kappa shape index (κ2) is 6.47. The Morgan fingerprint density at radius 1 is 1.43 bits per heavy atom. The average Bonchev–Trinajstić information content (AvgIpc) is 3.06. The molecule has 0 aliphatic heterocycles. The molecule has 0 aromatic carbocycles. The van der Waals surface area contributed by atoms with Crippen LogP contribution in [0.25, 0.3) is 0 Å². The van der Waals surface area contributed by atoms with Gasteiger partial charge in [0, 0.05) is 6.42 Å². The molecule has 8 heteroatoms. The number of hydrogen-bond donors (Lipinski definition) is 0. The standard InChI is InChI=1S/C13H19N5O3/c1-5-6-9-14-10(21-16-9)7-18-12(8(2)3)11(15-17-18)13(19)20-4/h8H,5-7H2,1-4H3. The first-order chi connectivity index (χ1) is 10.1. The van der Waals surface area contributed by atoms with Gasteiger partial charge in [-0.15, -0.1) is 5.10 Å². The topological polar surface area (TPSA) is 95.9 Å². The van der Waals surface area contributed by atoms with Crippen LogP contribution in [0, 0.1) is 0 Å². The molecule has 0 amide bonds. The van der Waals surface area contributed by atoms with Gasteiger partial charge >= 0.3 is 5.97 Å². The maximum Gasteiger partial charge on any atom is 0.360 e. The van der Waals surface area contributed by atoms with Crippen LogP contribution in [-0.2, 0) is 17.7 Å². The Hall–Kier alpha value is -2.25. The van der Waals surface area contributed by atoms with Crippen LogP contribution >= 0.6 is 0 Å². The molecule has 2 aromatic heterocycles. The molecule has 0 spiro atoms. The minimum Gasteiger partial charge on any atom is -0.464 e. The molecule has 0 saturated heterocycles. The monoisotopic (exact) mass is 293 g/mol. The van der Waals surface area contributed by atoms with Crippen LogP contribution in [0.5, 0.6) is 0 Å². The van der Waals surface area contributed by atoms with Crippen LogP contribution in [0.15, 0.2) is 4.52 Å². The van der Waals surface area contributed by atoms with E-state index in [0.29, 0.717) is 17.4 Å². The van der Waals surface area contributed by atoms with Crippen LogP contribution in [0.4, 0.5) is 0 Å². The van der Waals surface area contributed by atoms with Crippen LogP contribution in [0.3, 0.4) is 0 Å². The molecule has 0 N–H and O–H groups in total. The maximum absolute atomic E-state index is 11.7. The van der Waals surface area contributed by atoms with E-state index in [1.165, 1.54) is 7.11 Å². The summed E-state index contributed by atoms with van der Waals surface area (Å²) < 4.78 is 11.5. The van der Waals surface area contributed by atoms with E-state index in [-0.39, 0.29) is 18.2 Å². The highest BCUT2D eigenvalue weighted by atomic mass is 16.5. The molecule has 0 fully saturated rings. The molecular weight excluding hydrogens is 274 g/mol. The molecule has 114 valence electrons. The molecule has 2 rings (SSSR count). The highest BCUT2D eigenvalue weighted by Gasteiger charge is 2.23. The van der Waals surface area contributed by atoms with Crippen molar-refractivity contribution in [3.8, 4) is 0 Å². The average molecular weight is 293 g/mol. The third-order valence-corrected chi connectivity index (χ3v) is 2.97. The highest BCUT2D eigenvalue weighted by molar-refractivity contribution is 5.88. The zero-order valence-electron chi connectivity index (χ0n) is 12.7. The zero-order chi connectivity index (χ0) is 15.4. The van der Waals surface area contributed by atoms with Crippen molar-refractivity contribution in [2.45, 2.75) is 46.1 Å². The number of carbonyl (C=O) groups excluding carboxylic acids is 1. The minimum atomic E-state index is -0.498. The molecule has 2 aromatic rings. The van der Waals surface area contributed by atoms with Gasteiger partial charge in [0.05, 0.1) is 12.8 Å². The molecule has 8 nitrogen and oxygen atoms in total. The fourth-order valence-corrected chi connectivity index (χ4v) is 2.06. The number of aryl methyl sites for hydroxylation is 1. The first-order valence-electron chi connectivity index (χ1n) is 6.90. The van der Waals surface area contributed by atoms with Crippen molar-refractivity contribution in [1.29, 1.82) is 0 Å². The van der Waals surface area contributed by atoms with Gasteiger partial charge in [-0.3, -0.25) is 0 Å². The van der Waals surface area contributed by atoms with Crippen molar-refractivity contribution < 1.29 is 14.1 Å². The van der Waals surface area contributed by atoms with Crippen molar-refractivity contribution >= 4 is 5.97 Å². The first-order valence-corrected chi connectivity index (χ1v) is 6.90. The van der Waals surface area contributed by atoms with Gasteiger partial charge in [0.15, 0.2) is 11.5 Å². The molecule has 0 atom stereocenters. The first kappa shape index (κ1) is 15.1. The van der Waals surface area contributed by atoms with Crippen LogP contribution in [0.1, 0.15) is 61.0 Å². The van der Waals surface area contributed by atoms with Crippen molar-refractivity contribution in [2.24, 2.45) is 0 Å². The van der Waals surface area contributed by atoms with E-state index in [0.717, 1.165) is 12.8 Å². The fraction of sp³-hybridized carbons (Fsp3) is 0.615. The molecule has 0 aliphatic carbocycles. The zero-order valence-corrected chi connectivity index (χ0v) is 12.7. The molecular formula is C13H19N5O3. The van der Waals surface area contributed by atoms with Gasteiger partial charge in [-0.25, -0.2) is 9.48 Å². The number of ether oxygens (including phenoxy) is 1. The predicted octanol–water partition coefficient (Wildman–Crippen LogP) is 1.57. The summed E-state index contributed by atoms with van der Waals surface area (Å²) in [6, 6.07) is 0. The van der Waals surface area contributed by atoms with Gasteiger partial charge in [0.2, 0.25) is 5.89 Å². The van der Waals surface area contributed by atoms with Gasteiger partial charge in [0.1, 0.15) is 6.54 Å². The van der Waals surface area contributed by atoms with Crippen molar-refractivity contribution in [3.63, 3.8) is 0 Å². The van der Waals surface area contributed by atoms with Gasteiger partial charge < -0.3 is 9.26 Å². The van der Waals surface area contributed by atoms with Crippen molar-refractivity contribution in [3.05, 3.63) is 23.1 Å². The molecule has 21 heavy (non-hydrogen) atoms. The summed E-state index contributed by atoms with van der Waals surface area (Å²) in [6.45, 7) is 6.25. The van der Waals surface area contributed by atoms with Crippen molar-refractivity contribution in [1.82, 2.24) is 25.1 Å². The molecule has 2 heterocycles. The maximum atomic E-state index is 11.7. The third kappa shape index (κ3) is 3.26.